The maximum absolute atomic E-state index is 2.40. The van der Waals surface area contributed by atoms with E-state index in [0.29, 0.717) is 0 Å². The first kappa shape index (κ1) is 16.5. The van der Waals surface area contributed by atoms with Crippen LogP contribution in [0.1, 0.15) is 85.5 Å². The first-order valence-electron chi connectivity index (χ1n) is 7.52. The summed E-state index contributed by atoms with van der Waals surface area (Å²) in [5, 5.41) is 0. The molecule has 0 N–H and O–H groups in total. The lowest BCUT2D eigenvalue weighted by Crippen LogP contribution is -1.81. The molecule has 0 atom stereocenters. The highest BCUT2D eigenvalue weighted by Gasteiger charge is 1.91. The Morgan fingerprint density at radius 1 is 0.706 bits per heavy atom. The second-order valence-electron chi connectivity index (χ2n) is 5.25. The fourth-order valence-corrected chi connectivity index (χ4v) is 1.95. The molecule has 0 aromatic heterocycles. The zero-order valence-corrected chi connectivity index (χ0v) is 12.5. The fourth-order valence-electron chi connectivity index (χ4n) is 1.95. The van der Waals surface area contributed by atoms with Crippen LogP contribution in [-0.4, -0.2) is 0 Å². The number of allylic oxidation sites excluding steroid dienone is 4. The van der Waals surface area contributed by atoms with Crippen molar-refractivity contribution in [3.63, 3.8) is 0 Å². The van der Waals surface area contributed by atoms with Gasteiger partial charge in [-0.25, -0.2) is 0 Å². The van der Waals surface area contributed by atoms with Gasteiger partial charge in [0.05, 0.1) is 0 Å². The molecule has 0 radical (unpaired) electrons. The molecule has 0 spiro atoms. The molecule has 0 aliphatic rings. The van der Waals surface area contributed by atoms with Crippen molar-refractivity contribution in [3.05, 3.63) is 23.3 Å². The SMILES string of the molecule is CCCCCCC(C)=CCC=C(C)CCCC. The van der Waals surface area contributed by atoms with Crippen LogP contribution >= 0.6 is 0 Å². The summed E-state index contributed by atoms with van der Waals surface area (Å²) < 4.78 is 0. The maximum atomic E-state index is 2.40. The van der Waals surface area contributed by atoms with Gasteiger partial charge in [-0.3, -0.25) is 0 Å². The van der Waals surface area contributed by atoms with Gasteiger partial charge in [-0.1, -0.05) is 62.8 Å². The number of unbranched alkanes of at least 4 members (excludes halogenated alkanes) is 4. The minimum absolute atomic E-state index is 1.13. The first-order chi connectivity index (χ1) is 8.20. The monoisotopic (exact) mass is 236 g/mol. The van der Waals surface area contributed by atoms with Crippen molar-refractivity contribution in [3.8, 4) is 0 Å². The van der Waals surface area contributed by atoms with Crippen LogP contribution in [-0.2, 0) is 0 Å². The summed E-state index contributed by atoms with van der Waals surface area (Å²) in [5.74, 6) is 0. The lowest BCUT2D eigenvalue weighted by Gasteiger charge is -2.01. The molecular weight excluding hydrogens is 204 g/mol. The summed E-state index contributed by atoms with van der Waals surface area (Å²) in [6, 6.07) is 0. The molecule has 0 bridgehead atoms. The van der Waals surface area contributed by atoms with E-state index >= 15 is 0 Å². The molecule has 17 heavy (non-hydrogen) atoms. The zero-order chi connectivity index (χ0) is 12.9. The third kappa shape index (κ3) is 11.7. The molecule has 0 fully saturated rings. The Morgan fingerprint density at radius 2 is 1.24 bits per heavy atom. The Bertz CT molecular complexity index is 220. The van der Waals surface area contributed by atoms with Gasteiger partial charge in [-0.05, 0) is 46.0 Å². The second kappa shape index (κ2) is 12.0. The van der Waals surface area contributed by atoms with Gasteiger partial charge in [-0.15, -0.1) is 0 Å². The Kier molecular flexibility index (Phi) is 11.6. The van der Waals surface area contributed by atoms with E-state index in [0.717, 1.165) is 6.42 Å². The summed E-state index contributed by atoms with van der Waals surface area (Å²) in [6.45, 7) is 9.07. The normalized spacial score (nSPS) is 13.2. The molecule has 0 nitrogen and oxygen atoms in total. The summed E-state index contributed by atoms with van der Waals surface area (Å²) in [6.07, 6.45) is 16.6. The van der Waals surface area contributed by atoms with E-state index in [2.05, 4.69) is 39.8 Å². The molecule has 0 amide bonds. The minimum Gasteiger partial charge on any atom is -0.0818 e. The number of rotatable bonds is 10. The van der Waals surface area contributed by atoms with Crippen molar-refractivity contribution in [1.82, 2.24) is 0 Å². The first-order valence-corrected chi connectivity index (χ1v) is 7.52. The number of hydrogen-bond acceptors (Lipinski definition) is 0. The molecule has 0 heterocycles. The summed E-state index contributed by atoms with van der Waals surface area (Å²) in [5.41, 5.74) is 3.13. The molecule has 100 valence electrons. The van der Waals surface area contributed by atoms with E-state index in [-0.39, 0.29) is 0 Å². The molecule has 0 aromatic carbocycles. The van der Waals surface area contributed by atoms with Gasteiger partial charge < -0.3 is 0 Å². The standard InChI is InChI=1S/C17H32/c1-5-7-9-10-13-17(4)15-11-14-16(3)12-8-6-2/h14-15H,5-13H2,1-4H3. The van der Waals surface area contributed by atoms with Crippen molar-refractivity contribution in [2.24, 2.45) is 0 Å². The number of hydrogen-bond donors (Lipinski definition) is 0. The van der Waals surface area contributed by atoms with Crippen molar-refractivity contribution in [2.45, 2.75) is 85.5 Å². The van der Waals surface area contributed by atoms with Gasteiger partial charge in [-0.2, -0.15) is 0 Å². The summed E-state index contributed by atoms with van der Waals surface area (Å²) in [4.78, 5) is 0. The quantitative estimate of drug-likeness (QED) is 0.303. The highest BCUT2D eigenvalue weighted by atomic mass is 14.0. The van der Waals surface area contributed by atoms with Gasteiger partial charge in [0.15, 0.2) is 0 Å². The third-order valence-electron chi connectivity index (χ3n) is 3.28. The molecule has 0 heteroatoms. The third-order valence-corrected chi connectivity index (χ3v) is 3.28. The van der Waals surface area contributed by atoms with Crippen LogP contribution < -0.4 is 0 Å². The Balaban J connectivity index is 3.67. The lowest BCUT2D eigenvalue weighted by atomic mass is 10.1. The molecule has 0 saturated carbocycles. The fraction of sp³-hybridized carbons (Fsp3) is 0.765. The van der Waals surface area contributed by atoms with Gasteiger partial charge in [0.1, 0.15) is 0 Å². The van der Waals surface area contributed by atoms with Crippen molar-refractivity contribution in [1.29, 1.82) is 0 Å². The van der Waals surface area contributed by atoms with Crippen LogP contribution in [0.2, 0.25) is 0 Å². The Labute approximate surface area is 109 Å². The summed E-state index contributed by atoms with van der Waals surface area (Å²) in [7, 11) is 0. The summed E-state index contributed by atoms with van der Waals surface area (Å²) >= 11 is 0. The largest absolute Gasteiger partial charge is 0.0818 e. The van der Waals surface area contributed by atoms with Crippen LogP contribution in [0.15, 0.2) is 23.3 Å². The maximum Gasteiger partial charge on any atom is -0.0164 e. The van der Waals surface area contributed by atoms with E-state index in [4.69, 9.17) is 0 Å². The molecule has 0 rings (SSSR count). The van der Waals surface area contributed by atoms with Crippen LogP contribution in [0.5, 0.6) is 0 Å². The Hall–Kier alpha value is -0.520. The second-order valence-corrected chi connectivity index (χ2v) is 5.25. The van der Waals surface area contributed by atoms with Crippen LogP contribution in [0.25, 0.3) is 0 Å². The van der Waals surface area contributed by atoms with Crippen LogP contribution in [0.4, 0.5) is 0 Å². The van der Waals surface area contributed by atoms with E-state index in [9.17, 15) is 0 Å². The zero-order valence-electron chi connectivity index (χ0n) is 12.5. The molecule has 0 aromatic rings. The van der Waals surface area contributed by atoms with E-state index in [1.54, 1.807) is 11.1 Å². The topological polar surface area (TPSA) is 0 Å². The molecule has 0 aliphatic heterocycles. The smallest absolute Gasteiger partial charge is 0.0164 e. The predicted molar refractivity (Wildman–Crippen MR) is 80.4 cm³/mol. The van der Waals surface area contributed by atoms with E-state index in [1.807, 2.05) is 0 Å². The molecule has 0 saturated heterocycles. The van der Waals surface area contributed by atoms with Crippen molar-refractivity contribution >= 4 is 0 Å². The predicted octanol–water partition coefficient (Wildman–Crippen LogP) is 6.43. The molecular formula is C17H32. The Morgan fingerprint density at radius 3 is 1.76 bits per heavy atom. The average molecular weight is 236 g/mol. The average Bonchev–Trinajstić information content (AvgIpc) is 2.32. The highest BCUT2D eigenvalue weighted by molar-refractivity contribution is 5.06. The lowest BCUT2D eigenvalue weighted by molar-refractivity contribution is 0.663. The van der Waals surface area contributed by atoms with Crippen molar-refractivity contribution < 1.29 is 0 Å². The molecule has 0 unspecified atom stereocenters. The van der Waals surface area contributed by atoms with E-state index < -0.39 is 0 Å². The van der Waals surface area contributed by atoms with Crippen LogP contribution in [0.3, 0.4) is 0 Å². The van der Waals surface area contributed by atoms with Crippen LogP contribution in [0, 0.1) is 0 Å². The minimum atomic E-state index is 1.13. The van der Waals surface area contributed by atoms with E-state index in [1.165, 1.54) is 51.4 Å². The van der Waals surface area contributed by atoms with Gasteiger partial charge in [0.2, 0.25) is 0 Å². The van der Waals surface area contributed by atoms with Gasteiger partial charge in [0, 0.05) is 0 Å². The highest BCUT2D eigenvalue weighted by Crippen LogP contribution is 2.12. The van der Waals surface area contributed by atoms with Gasteiger partial charge in [0.25, 0.3) is 0 Å². The molecule has 0 aliphatic carbocycles. The van der Waals surface area contributed by atoms with Gasteiger partial charge >= 0.3 is 0 Å². The van der Waals surface area contributed by atoms with Crippen molar-refractivity contribution in [2.75, 3.05) is 0 Å².